The molecule has 0 bridgehead atoms. The summed E-state index contributed by atoms with van der Waals surface area (Å²) in [6.07, 6.45) is -0.602. The minimum Gasteiger partial charge on any atom is -0.495 e. The van der Waals surface area contributed by atoms with Crippen molar-refractivity contribution in [2.75, 3.05) is 38.6 Å². The Hall–Kier alpha value is -2.51. The van der Waals surface area contributed by atoms with Gasteiger partial charge in [0.05, 0.1) is 24.4 Å². The van der Waals surface area contributed by atoms with E-state index in [1.54, 1.807) is 31.4 Å². The number of carbonyl (C=O) groups is 1. The molecule has 160 valence electrons. The normalized spacial score (nSPS) is 21.4. The van der Waals surface area contributed by atoms with Crippen molar-refractivity contribution in [1.29, 1.82) is 0 Å². The van der Waals surface area contributed by atoms with Gasteiger partial charge in [-0.3, -0.25) is 9.69 Å². The molecule has 0 radical (unpaired) electrons. The van der Waals surface area contributed by atoms with E-state index in [1.165, 1.54) is 12.1 Å². The number of benzene rings is 2. The molecule has 0 aromatic heterocycles. The van der Waals surface area contributed by atoms with Crippen LogP contribution >= 0.6 is 11.6 Å². The van der Waals surface area contributed by atoms with E-state index in [0.29, 0.717) is 29.6 Å². The highest BCUT2D eigenvalue weighted by Crippen LogP contribution is 2.38. The van der Waals surface area contributed by atoms with E-state index in [-0.39, 0.29) is 17.8 Å². The quantitative estimate of drug-likeness (QED) is 0.801. The number of nitrogens with zero attached hydrogens (tertiary/aromatic N) is 2. The van der Waals surface area contributed by atoms with Gasteiger partial charge in [-0.1, -0.05) is 23.7 Å². The fourth-order valence-corrected chi connectivity index (χ4v) is 4.24. The first-order chi connectivity index (χ1) is 14.4. The molecule has 0 saturated carbocycles. The van der Waals surface area contributed by atoms with Crippen LogP contribution in [0.15, 0.2) is 36.4 Å². The maximum absolute atomic E-state index is 13.1. The summed E-state index contributed by atoms with van der Waals surface area (Å²) in [5, 5.41) is 3.72. The van der Waals surface area contributed by atoms with E-state index in [4.69, 9.17) is 21.1 Å². The van der Waals surface area contributed by atoms with E-state index in [2.05, 4.69) is 10.2 Å². The molecule has 1 fully saturated rings. The predicted molar refractivity (Wildman–Crippen MR) is 114 cm³/mol. The number of ether oxygens (including phenoxy) is 2. The van der Waals surface area contributed by atoms with Crippen LogP contribution in [0.25, 0.3) is 0 Å². The van der Waals surface area contributed by atoms with E-state index in [1.807, 2.05) is 11.8 Å². The number of rotatable bonds is 4. The van der Waals surface area contributed by atoms with Crippen LogP contribution in [0, 0.1) is 5.82 Å². The lowest BCUT2D eigenvalue weighted by molar-refractivity contribution is -0.143. The lowest BCUT2D eigenvalue weighted by Gasteiger charge is -2.41. The molecule has 1 amide bonds. The Morgan fingerprint density at radius 1 is 1.30 bits per heavy atom. The summed E-state index contributed by atoms with van der Waals surface area (Å²) >= 11 is 6.16. The maximum atomic E-state index is 13.1. The third kappa shape index (κ3) is 4.32. The molecular weight excluding hydrogens is 409 g/mol. The topological polar surface area (TPSA) is 54.0 Å². The Bertz CT molecular complexity index is 925. The summed E-state index contributed by atoms with van der Waals surface area (Å²) in [6.45, 7) is 5.30. The molecule has 30 heavy (non-hydrogen) atoms. The maximum Gasteiger partial charge on any atom is 0.265 e. The summed E-state index contributed by atoms with van der Waals surface area (Å²) in [6, 6.07) is 10.1. The van der Waals surface area contributed by atoms with Crippen molar-refractivity contribution in [2.24, 2.45) is 0 Å². The minimum absolute atomic E-state index is 0.0315. The second-order valence-electron chi connectivity index (χ2n) is 7.71. The monoisotopic (exact) mass is 433 g/mol. The van der Waals surface area contributed by atoms with E-state index in [9.17, 15) is 9.18 Å². The standard InChI is InChI=1S/C22H25ClFN3O3/c1-14-12-26(13-15-3-5-16(24)6-4-15)7-8-27(14)22(28)21-11-25-18-9-17(23)19(29-2)10-20(18)30-21/h3-6,9-10,14,21,25H,7-8,11-13H2,1-2H3/t14-,21?/m1/s1. The van der Waals surface area contributed by atoms with Gasteiger partial charge in [-0.15, -0.1) is 0 Å². The van der Waals surface area contributed by atoms with Gasteiger partial charge in [0.2, 0.25) is 0 Å². The van der Waals surface area contributed by atoms with Crippen LogP contribution in [0.3, 0.4) is 0 Å². The summed E-state index contributed by atoms with van der Waals surface area (Å²) in [5.74, 6) is 0.803. The van der Waals surface area contributed by atoms with Gasteiger partial charge < -0.3 is 19.7 Å². The first-order valence-corrected chi connectivity index (χ1v) is 10.4. The summed E-state index contributed by atoms with van der Waals surface area (Å²) in [4.78, 5) is 17.3. The van der Waals surface area contributed by atoms with Crippen molar-refractivity contribution in [3.63, 3.8) is 0 Å². The van der Waals surface area contributed by atoms with Crippen molar-refractivity contribution in [3.8, 4) is 11.5 Å². The summed E-state index contributed by atoms with van der Waals surface area (Å²) < 4.78 is 24.3. The van der Waals surface area contributed by atoms with Crippen molar-refractivity contribution < 1.29 is 18.7 Å². The first kappa shape index (κ1) is 20.8. The number of amides is 1. The lowest BCUT2D eigenvalue weighted by Crippen LogP contribution is -2.58. The molecule has 2 aliphatic rings. The molecule has 0 aliphatic carbocycles. The predicted octanol–water partition coefficient (Wildman–Crippen LogP) is 3.39. The number of nitrogens with one attached hydrogen (secondary N) is 1. The number of fused-ring (bicyclic) bond motifs is 1. The number of hydrogen-bond donors (Lipinski definition) is 1. The van der Waals surface area contributed by atoms with Crippen LogP contribution in [-0.2, 0) is 11.3 Å². The molecule has 4 rings (SSSR count). The Balaban J connectivity index is 1.38. The smallest absolute Gasteiger partial charge is 0.265 e. The number of piperazine rings is 1. The average Bonchev–Trinajstić information content (AvgIpc) is 2.74. The zero-order valence-electron chi connectivity index (χ0n) is 17.0. The van der Waals surface area contributed by atoms with Gasteiger partial charge in [-0.25, -0.2) is 4.39 Å². The van der Waals surface area contributed by atoms with Crippen molar-refractivity contribution >= 4 is 23.2 Å². The zero-order valence-corrected chi connectivity index (χ0v) is 17.8. The fraction of sp³-hybridized carbons (Fsp3) is 0.409. The second-order valence-corrected chi connectivity index (χ2v) is 8.12. The third-order valence-corrected chi connectivity index (χ3v) is 5.89. The molecule has 2 atom stereocenters. The van der Waals surface area contributed by atoms with Gasteiger partial charge in [-0.05, 0) is 30.7 Å². The lowest BCUT2D eigenvalue weighted by atomic mass is 10.1. The molecule has 1 N–H and O–H groups in total. The number of carbonyl (C=O) groups excluding carboxylic acids is 1. The molecule has 1 saturated heterocycles. The first-order valence-electron chi connectivity index (χ1n) is 10.00. The van der Waals surface area contributed by atoms with Crippen LogP contribution in [0.2, 0.25) is 5.02 Å². The van der Waals surface area contributed by atoms with Crippen LogP contribution in [-0.4, -0.2) is 61.1 Å². The van der Waals surface area contributed by atoms with Gasteiger partial charge in [0, 0.05) is 38.3 Å². The van der Waals surface area contributed by atoms with Crippen LogP contribution < -0.4 is 14.8 Å². The second kappa shape index (κ2) is 8.70. The SMILES string of the molecule is COc1cc2c(cc1Cl)NCC(C(=O)N1CCN(Cc3ccc(F)cc3)C[C@H]1C)O2. The van der Waals surface area contributed by atoms with Gasteiger partial charge in [-0.2, -0.15) is 0 Å². The highest BCUT2D eigenvalue weighted by Gasteiger charge is 2.35. The minimum atomic E-state index is -0.602. The largest absolute Gasteiger partial charge is 0.495 e. The Kier molecular flexibility index (Phi) is 6.01. The van der Waals surface area contributed by atoms with Crippen molar-refractivity contribution in [1.82, 2.24) is 9.80 Å². The number of methoxy groups -OCH3 is 1. The molecule has 2 aliphatic heterocycles. The Morgan fingerprint density at radius 2 is 2.07 bits per heavy atom. The number of halogens is 2. The van der Waals surface area contributed by atoms with Gasteiger partial charge in [0.15, 0.2) is 6.10 Å². The van der Waals surface area contributed by atoms with E-state index >= 15 is 0 Å². The number of hydrogen-bond acceptors (Lipinski definition) is 5. The molecule has 8 heteroatoms. The van der Waals surface area contributed by atoms with Gasteiger partial charge >= 0.3 is 0 Å². The zero-order chi connectivity index (χ0) is 21.3. The molecule has 6 nitrogen and oxygen atoms in total. The Morgan fingerprint density at radius 3 is 2.77 bits per heavy atom. The fourth-order valence-electron chi connectivity index (χ4n) is 4.00. The highest BCUT2D eigenvalue weighted by molar-refractivity contribution is 6.32. The summed E-state index contributed by atoms with van der Waals surface area (Å²) in [7, 11) is 1.54. The molecule has 2 heterocycles. The van der Waals surface area contributed by atoms with E-state index in [0.717, 1.165) is 30.9 Å². The van der Waals surface area contributed by atoms with Crippen molar-refractivity contribution in [2.45, 2.75) is 25.6 Å². The molecular formula is C22H25ClFN3O3. The molecule has 1 unspecified atom stereocenters. The molecule has 2 aromatic carbocycles. The van der Waals surface area contributed by atoms with Gasteiger partial charge in [0.1, 0.15) is 17.3 Å². The highest BCUT2D eigenvalue weighted by atomic mass is 35.5. The van der Waals surface area contributed by atoms with Crippen molar-refractivity contribution in [3.05, 3.63) is 52.8 Å². The molecule has 2 aromatic rings. The Labute approximate surface area is 180 Å². The van der Waals surface area contributed by atoms with Crippen LogP contribution in [0.5, 0.6) is 11.5 Å². The number of anilines is 1. The third-order valence-electron chi connectivity index (χ3n) is 5.59. The van der Waals surface area contributed by atoms with E-state index < -0.39 is 6.10 Å². The van der Waals surface area contributed by atoms with Gasteiger partial charge in [0.25, 0.3) is 5.91 Å². The van der Waals surface area contributed by atoms with Crippen LogP contribution in [0.4, 0.5) is 10.1 Å². The summed E-state index contributed by atoms with van der Waals surface area (Å²) in [5.41, 5.74) is 1.81. The van der Waals surface area contributed by atoms with Crippen LogP contribution in [0.1, 0.15) is 12.5 Å². The average molecular weight is 434 g/mol. The molecule has 0 spiro atoms.